The van der Waals surface area contributed by atoms with Crippen LogP contribution in [0.15, 0.2) is 0 Å². The van der Waals surface area contributed by atoms with E-state index in [1.807, 2.05) is 25.9 Å². The lowest BCUT2D eigenvalue weighted by Crippen LogP contribution is -2.51. The molecule has 0 aliphatic rings. The number of likely N-dealkylation sites (N-methyl/N-ethyl adjacent to an activating group) is 1. The number of carboxylic acid groups (broad SMARTS) is 1. The van der Waals surface area contributed by atoms with Crippen LogP contribution in [0.5, 0.6) is 0 Å². The van der Waals surface area contributed by atoms with Gasteiger partial charge in [-0.05, 0) is 27.4 Å². The van der Waals surface area contributed by atoms with Crippen LogP contribution in [0.25, 0.3) is 0 Å². The third kappa shape index (κ3) is 6.97. The van der Waals surface area contributed by atoms with Gasteiger partial charge in [0, 0.05) is 19.6 Å². The number of aliphatic hydroxyl groups is 1. The minimum absolute atomic E-state index is 0.316. The molecule has 0 spiro atoms. The van der Waals surface area contributed by atoms with Crippen LogP contribution in [-0.4, -0.2) is 77.9 Å². The molecule has 0 rings (SSSR count). The predicted octanol–water partition coefficient (Wildman–Crippen LogP) is -0.195. The summed E-state index contributed by atoms with van der Waals surface area (Å²) in [5, 5.41) is 20.7. The van der Waals surface area contributed by atoms with E-state index in [2.05, 4.69) is 5.32 Å². The first kappa shape index (κ1) is 17.7. The van der Waals surface area contributed by atoms with Crippen LogP contribution < -0.4 is 5.32 Å². The number of rotatable bonds is 8. The molecule has 0 aliphatic heterocycles. The topological polar surface area (TPSA) is 93.1 Å². The Hall–Kier alpha value is -1.34. The molecular weight excluding hydrogens is 250 g/mol. The molecule has 0 saturated carbocycles. The van der Waals surface area contributed by atoms with Crippen molar-refractivity contribution in [3.05, 3.63) is 0 Å². The Bertz CT molecular complexity index is 305. The van der Waals surface area contributed by atoms with Crippen LogP contribution in [0, 0.1) is 0 Å². The Labute approximate surface area is 114 Å². The monoisotopic (exact) mass is 275 g/mol. The number of carbonyl (C=O) groups is 2. The van der Waals surface area contributed by atoms with E-state index < -0.39 is 11.6 Å². The summed E-state index contributed by atoms with van der Waals surface area (Å²) in [7, 11) is 3.83. The van der Waals surface area contributed by atoms with Crippen LogP contribution in [-0.2, 0) is 4.79 Å². The summed E-state index contributed by atoms with van der Waals surface area (Å²) in [4.78, 5) is 26.2. The third-order valence-corrected chi connectivity index (χ3v) is 2.64. The van der Waals surface area contributed by atoms with Crippen molar-refractivity contribution in [2.24, 2.45) is 0 Å². The maximum Gasteiger partial charge on any atom is 0.337 e. The number of urea groups is 1. The lowest BCUT2D eigenvalue weighted by molar-refractivity contribution is -0.155. The fourth-order valence-corrected chi connectivity index (χ4v) is 1.34. The van der Waals surface area contributed by atoms with Crippen molar-refractivity contribution >= 4 is 12.0 Å². The van der Waals surface area contributed by atoms with E-state index in [0.717, 1.165) is 19.9 Å². The molecule has 1 unspecified atom stereocenters. The highest BCUT2D eigenvalue weighted by Gasteiger charge is 2.30. The molecule has 19 heavy (non-hydrogen) atoms. The second-order valence-electron chi connectivity index (χ2n) is 5.03. The number of amides is 2. The van der Waals surface area contributed by atoms with Gasteiger partial charge in [-0.3, -0.25) is 0 Å². The Morgan fingerprint density at radius 2 is 1.79 bits per heavy atom. The first-order valence-electron chi connectivity index (χ1n) is 6.34. The lowest BCUT2D eigenvalue weighted by atomic mass is 10.1. The van der Waals surface area contributed by atoms with Crippen molar-refractivity contribution in [2.75, 3.05) is 40.3 Å². The van der Waals surface area contributed by atoms with Crippen LogP contribution in [0.1, 0.15) is 20.3 Å². The van der Waals surface area contributed by atoms with Gasteiger partial charge in [0.25, 0.3) is 0 Å². The highest BCUT2D eigenvalue weighted by Crippen LogP contribution is 2.02. The molecule has 7 nitrogen and oxygen atoms in total. The van der Waals surface area contributed by atoms with Gasteiger partial charge in [0.05, 0.1) is 6.54 Å². The average Bonchev–Trinajstić information content (AvgIpc) is 2.31. The number of carboxylic acids is 1. The van der Waals surface area contributed by atoms with E-state index in [1.54, 1.807) is 4.90 Å². The Morgan fingerprint density at radius 1 is 1.21 bits per heavy atom. The number of nitrogens with one attached hydrogen (secondary N) is 1. The summed E-state index contributed by atoms with van der Waals surface area (Å²) in [6, 6.07) is -0.356. The molecule has 0 radical (unpaired) electrons. The minimum atomic E-state index is -1.95. The summed E-state index contributed by atoms with van der Waals surface area (Å²) in [6.45, 7) is 4.67. The molecular formula is C12H25N3O4. The largest absolute Gasteiger partial charge is 0.479 e. The SMILES string of the molecule is CCCN(CCN(C)C)C(=O)NCC(C)(O)C(=O)O. The smallest absolute Gasteiger partial charge is 0.337 e. The molecule has 3 N–H and O–H groups in total. The Balaban J connectivity index is 4.36. The average molecular weight is 275 g/mol. The fraction of sp³-hybridized carbons (Fsp3) is 0.833. The van der Waals surface area contributed by atoms with Crippen molar-refractivity contribution in [3.8, 4) is 0 Å². The number of nitrogens with zero attached hydrogens (tertiary/aromatic N) is 2. The Kier molecular flexibility index (Phi) is 7.40. The quantitative estimate of drug-likeness (QED) is 0.571. The zero-order valence-electron chi connectivity index (χ0n) is 12.1. The lowest BCUT2D eigenvalue weighted by Gasteiger charge is -2.26. The zero-order valence-corrected chi connectivity index (χ0v) is 12.1. The highest BCUT2D eigenvalue weighted by molar-refractivity contribution is 5.79. The Morgan fingerprint density at radius 3 is 2.21 bits per heavy atom. The van der Waals surface area contributed by atoms with E-state index in [1.165, 1.54) is 0 Å². The van der Waals surface area contributed by atoms with Crippen LogP contribution in [0.4, 0.5) is 4.79 Å². The van der Waals surface area contributed by atoms with Gasteiger partial charge in [-0.15, -0.1) is 0 Å². The van der Waals surface area contributed by atoms with Gasteiger partial charge in [0.15, 0.2) is 5.60 Å². The fourth-order valence-electron chi connectivity index (χ4n) is 1.34. The molecule has 0 saturated heterocycles. The summed E-state index contributed by atoms with van der Waals surface area (Å²) in [5.41, 5.74) is -1.95. The number of aliphatic carboxylic acids is 1. The summed E-state index contributed by atoms with van der Waals surface area (Å²) in [6.07, 6.45) is 0.816. The van der Waals surface area contributed by atoms with Gasteiger partial charge < -0.3 is 25.3 Å². The number of hydrogen-bond donors (Lipinski definition) is 3. The van der Waals surface area contributed by atoms with Crippen molar-refractivity contribution in [2.45, 2.75) is 25.9 Å². The molecule has 0 aromatic carbocycles. The van der Waals surface area contributed by atoms with E-state index in [4.69, 9.17) is 5.11 Å². The number of carbonyl (C=O) groups excluding carboxylic acids is 1. The van der Waals surface area contributed by atoms with E-state index in [9.17, 15) is 14.7 Å². The first-order valence-corrected chi connectivity index (χ1v) is 6.34. The van der Waals surface area contributed by atoms with E-state index >= 15 is 0 Å². The van der Waals surface area contributed by atoms with Crippen molar-refractivity contribution < 1.29 is 19.8 Å². The third-order valence-electron chi connectivity index (χ3n) is 2.64. The van der Waals surface area contributed by atoms with Crippen molar-refractivity contribution in [1.29, 1.82) is 0 Å². The molecule has 0 aliphatic carbocycles. The van der Waals surface area contributed by atoms with Crippen LogP contribution in [0.3, 0.4) is 0 Å². The second kappa shape index (κ2) is 7.96. The standard InChI is InChI=1S/C12H25N3O4/c1-5-6-15(8-7-14(3)4)11(18)13-9-12(2,19)10(16)17/h19H,5-9H2,1-4H3,(H,13,18)(H,16,17). The van der Waals surface area contributed by atoms with Gasteiger partial charge in [-0.25, -0.2) is 9.59 Å². The second-order valence-corrected chi connectivity index (χ2v) is 5.03. The molecule has 0 fully saturated rings. The van der Waals surface area contributed by atoms with Gasteiger partial charge >= 0.3 is 12.0 Å². The van der Waals surface area contributed by atoms with Crippen molar-refractivity contribution in [1.82, 2.24) is 15.1 Å². The first-order chi connectivity index (χ1) is 8.70. The van der Waals surface area contributed by atoms with Crippen molar-refractivity contribution in [3.63, 3.8) is 0 Å². The van der Waals surface area contributed by atoms with Gasteiger partial charge in [-0.2, -0.15) is 0 Å². The molecule has 0 bridgehead atoms. The molecule has 0 heterocycles. The van der Waals surface area contributed by atoms with Crippen LogP contribution in [0.2, 0.25) is 0 Å². The molecule has 0 aromatic rings. The summed E-state index contributed by atoms with van der Waals surface area (Å²) >= 11 is 0. The van der Waals surface area contributed by atoms with E-state index in [-0.39, 0.29) is 12.6 Å². The highest BCUT2D eigenvalue weighted by atomic mass is 16.4. The molecule has 0 aromatic heterocycles. The summed E-state index contributed by atoms with van der Waals surface area (Å²) < 4.78 is 0. The van der Waals surface area contributed by atoms with Gasteiger partial charge in [0.1, 0.15) is 0 Å². The maximum atomic E-state index is 11.9. The van der Waals surface area contributed by atoms with Gasteiger partial charge in [-0.1, -0.05) is 6.92 Å². The molecule has 2 amide bonds. The minimum Gasteiger partial charge on any atom is -0.479 e. The van der Waals surface area contributed by atoms with Gasteiger partial charge in [0.2, 0.25) is 0 Å². The van der Waals surface area contributed by atoms with E-state index in [0.29, 0.717) is 13.1 Å². The maximum absolute atomic E-state index is 11.9. The summed E-state index contributed by atoms with van der Waals surface area (Å²) in [5.74, 6) is -1.36. The predicted molar refractivity (Wildman–Crippen MR) is 72.1 cm³/mol. The molecule has 7 heteroatoms. The molecule has 1 atom stereocenters. The zero-order chi connectivity index (χ0) is 15.1. The van der Waals surface area contributed by atoms with Crippen LogP contribution >= 0.6 is 0 Å². The molecule has 112 valence electrons. The normalized spacial score (nSPS) is 14.0. The number of hydrogen-bond acceptors (Lipinski definition) is 4.